The van der Waals surface area contributed by atoms with E-state index in [-0.39, 0.29) is 5.69 Å². The molecule has 0 radical (unpaired) electrons. The first-order chi connectivity index (χ1) is 9.72. The molecule has 0 aliphatic heterocycles. The summed E-state index contributed by atoms with van der Waals surface area (Å²) in [4.78, 5) is 16.2. The Morgan fingerprint density at radius 3 is 2.65 bits per heavy atom. The summed E-state index contributed by atoms with van der Waals surface area (Å²) in [5.41, 5.74) is 3.46. The number of imidazole rings is 1. The van der Waals surface area contributed by atoms with Crippen molar-refractivity contribution in [3.63, 3.8) is 0 Å². The molecule has 2 N–H and O–H groups in total. The third-order valence-corrected chi connectivity index (χ3v) is 3.96. The van der Waals surface area contributed by atoms with Crippen molar-refractivity contribution in [3.05, 3.63) is 51.7 Å². The van der Waals surface area contributed by atoms with Crippen LogP contribution in [0.4, 0.5) is 0 Å². The summed E-state index contributed by atoms with van der Waals surface area (Å²) < 4.78 is 5.74. The van der Waals surface area contributed by atoms with Gasteiger partial charge in [-0.2, -0.15) is 0 Å². The van der Waals surface area contributed by atoms with Gasteiger partial charge in [0.2, 0.25) is 0 Å². The van der Waals surface area contributed by atoms with Gasteiger partial charge in [0.1, 0.15) is 11.7 Å². The van der Waals surface area contributed by atoms with Crippen LogP contribution in [0.15, 0.2) is 29.2 Å². The second-order valence-electron chi connectivity index (χ2n) is 4.52. The van der Waals surface area contributed by atoms with Crippen LogP contribution >= 0.6 is 11.8 Å². The van der Waals surface area contributed by atoms with Gasteiger partial charge < -0.3 is 14.7 Å². The SMILES string of the molecule is CCc1ccc(OCSCc2c[nH]c(=O)[nH]2)cc1CC. The fourth-order valence-electron chi connectivity index (χ4n) is 2.08. The zero-order chi connectivity index (χ0) is 14.4. The van der Waals surface area contributed by atoms with E-state index in [0.717, 1.165) is 30.0 Å². The van der Waals surface area contributed by atoms with Crippen LogP contribution in [0.1, 0.15) is 30.7 Å². The largest absolute Gasteiger partial charge is 0.483 e. The second kappa shape index (κ2) is 7.24. The molecule has 2 rings (SSSR count). The van der Waals surface area contributed by atoms with Crippen molar-refractivity contribution in [1.82, 2.24) is 9.97 Å². The summed E-state index contributed by atoms with van der Waals surface area (Å²) in [7, 11) is 0. The molecule has 5 heteroatoms. The van der Waals surface area contributed by atoms with E-state index in [1.165, 1.54) is 11.1 Å². The lowest BCUT2D eigenvalue weighted by Gasteiger charge is -2.10. The molecule has 0 saturated carbocycles. The molecule has 0 aliphatic rings. The molecule has 20 heavy (non-hydrogen) atoms. The Kier molecular flexibility index (Phi) is 5.35. The maximum atomic E-state index is 10.9. The minimum absolute atomic E-state index is 0.163. The molecule has 1 heterocycles. The Morgan fingerprint density at radius 1 is 1.20 bits per heavy atom. The predicted molar refractivity (Wildman–Crippen MR) is 83.4 cm³/mol. The van der Waals surface area contributed by atoms with Crippen LogP contribution in [0.3, 0.4) is 0 Å². The quantitative estimate of drug-likeness (QED) is 0.609. The molecule has 4 nitrogen and oxygen atoms in total. The number of hydrogen-bond acceptors (Lipinski definition) is 3. The minimum Gasteiger partial charge on any atom is -0.483 e. The molecule has 0 bridgehead atoms. The number of nitrogens with one attached hydrogen (secondary N) is 2. The average molecular weight is 292 g/mol. The van der Waals surface area contributed by atoms with Crippen molar-refractivity contribution in [1.29, 1.82) is 0 Å². The lowest BCUT2D eigenvalue weighted by molar-refractivity contribution is 0.392. The van der Waals surface area contributed by atoms with Gasteiger partial charge in [0.15, 0.2) is 0 Å². The average Bonchev–Trinajstić information content (AvgIpc) is 2.89. The summed E-state index contributed by atoms with van der Waals surface area (Å²) in [5.74, 6) is 2.21. The molecule has 1 aromatic carbocycles. The summed E-state index contributed by atoms with van der Waals surface area (Å²) in [6, 6.07) is 6.29. The number of aryl methyl sites for hydroxylation is 2. The molecule has 2 aromatic rings. The third kappa shape index (κ3) is 3.93. The highest BCUT2D eigenvalue weighted by Gasteiger charge is 2.02. The topological polar surface area (TPSA) is 57.9 Å². The Labute approximate surface area is 123 Å². The highest BCUT2D eigenvalue weighted by atomic mass is 32.2. The number of H-pyrrole nitrogens is 2. The van der Waals surface area contributed by atoms with Gasteiger partial charge in [-0.3, -0.25) is 0 Å². The Balaban J connectivity index is 1.83. The molecular formula is C15H20N2O2S. The van der Waals surface area contributed by atoms with E-state index in [1.807, 2.05) is 6.07 Å². The standard InChI is InChI=1S/C15H20N2O2S/c1-3-11-5-6-14(7-12(11)4-2)19-10-20-9-13-8-16-15(18)17-13/h5-8H,3-4,9-10H2,1-2H3,(H2,16,17,18). The Bertz CT molecular complexity index is 604. The molecule has 0 saturated heterocycles. The highest BCUT2D eigenvalue weighted by molar-refractivity contribution is 7.98. The number of aromatic amines is 2. The maximum Gasteiger partial charge on any atom is 0.323 e. The van der Waals surface area contributed by atoms with E-state index in [4.69, 9.17) is 4.74 Å². The number of benzene rings is 1. The molecule has 1 aromatic heterocycles. The molecule has 0 unspecified atom stereocenters. The van der Waals surface area contributed by atoms with Crippen molar-refractivity contribution >= 4 is 11.8 Å². The molecule has 0 fully saturated rings. The molecule has 108 valence electrons. The summed E-state index contributed by atoms with van der Waals surface area (Å²) >= 11 is 1.63. The zero-order valence-corrected chi connectivity index (χ0v) is 12.7. The van der Waals surface area contributed by atoms with Crippen molar-refractivity contribution in [3.8, 4) is 5.75 Å². The lowest BCUT2D eigenvalue weighted by Crippen LogP contribution is -2.01. The first-order valence-electron chi connectivity index (χ1n) is 6.81. The van der Waals surface area contributed by atoms with E-state index in [0.29, 0.717) is 5.94 Å². The van der Waals surface area contributed by atoms with E-state index >= 15 is 0 Å². The predicted octanol–water partition coefficient (Wildman–Crippen LogP) is 3.10. The zero-order valence-electron chi connectivity index (χ0n) is 11.9. The fourth-order valence-corrected chi connectivity index (χ4v) is 2.75. The molecule has 0 atom stereocenters. The summed E-state index contributed by atoms with van der Waals surface area (Å²) in [5, 5.41) is 0. The van der Waals surface area contributed by atoms with Gasteiger partial charge in [0, 0.05) is 17.6 Å². The summed E-state index contributed by atoms with van der Waals surface area (Å²) in [6.07, 6.45) is 3.78. The van der Waals surface area contributed by atoms with Gasteiger partial charge in [-0.15, -0.1) is 11.8 Å². The Morgan fingerprint density at radius 2 is 2.00 bits per heavy atom. The number of ether oxygens (including phenoxy) is 1. The first kappa shape index (κ1) is 14.8. The number of rotatable bonds is 7. The lowest BCUT2D eigenvalue weighted by atomic mass is 10.0. The van der Waals surface area contributed by atoms with E-state index in [9.17, 15) is 4.79 Å². The van der Waals surface area contributed by atoms with Crippen molar-refractivity contribution < 1.29 is 4.74 Å². The molecular weight excluding hydrogens is 272 g/mol. The Hall–Kier alpha value is -1.62. The van der Waals surface area contributed by atoms with Crippen LogP contribution in [0, 0.1) is 0 Å². The molecule has 0 aliphatic carbocycles. The van der Waals surface area contributed by atoms with Gasteiger partial charge >= 0.3 is 5.69 Å². The second-order valence-corrected chi connectivity index (χ2v) is 5.45. The van der Waals surface area contributed by atoms with Crippen LogP contribution in [-0.4, -0.2) is 15.9 Å². The van der Waals surface area contributed by atoms with Crippen LogP contribution in [0.5, 0.6) is 5.75 Å². The van der Waals surface area contributed by atoms with E-state index < -0.39 is 0 Å². The first-order valence-corrected chi connectivity index (χ1v) is 7.97. The van der Waals surface area contributed by atoms with Gasteiger partial charge in [-0.25, -0.2) is 4.79 Å². The van der Waals surface area contributed by atoms with Gasteiger partial charge in [0.05, 0.1) is 0 Å². The van der Waals surface area contributed by atoms with Gasteiger partial charge in [0.25, 0.3) is 0 Å². The minimum atomic E-state index is -0.163. The smallest absolute Gasteiger partial charge is 0.323 e. The number of aromatic nitrogens is 2. The normalized spacial score (nSPS) is 10.7. The van der Waals surface area contributed by atoms with Crippen molar-refractivity contribution in [2.24, 2.45) is 0 Å². The monoisotopic (exact) mass is 292 g/mol. The van der Waals surface area contributed by atoms with Crippen LogP contribution in [-0.2, 0) is 18.6 Å². The van der Waals surface area contributed by atoms with Crippen LogP contribution in [0.2, 0.25) is 0 Å². The van der Waals surface area contributed by atoms with E-state index in [2.05, 4.69) is 35.9 Å². The molecule has 0 spiro atoms. The third-order valence-electron chi connectivity index (χ3n) is 3.16. The number of thioether (sulfide) groups is 1. The molecule has 0 amide bonds. The van der Waals surface area contributed by atoms with E-state index in [1.54, 1.807) is 18.0 Å². The van der Waals surface area contributed by atoms with Crippen molar-refractivity contribution in [2.75, 3.05) is 5.94 Å². The fraction of sp³-hybridized carbons (Fsp3) is 0.400. The van der Waals surface area contributed by atoms with Gasteiger partial charge in [-0.05, 0) is 36.1 Å². The van der Waals surface area contributed by atoms with Crippen LogP contribution < -0.4 is 10.4 Å². The van der Waals surface area contributed by atoms with Crippen molar-refractivity contribution in [2.45, 2.75) is 32.4 Å². The van der Waals surface area contributed by atoms with Crippen LogP contribution in [0.25, 0.3) is 0 Å². The summed E-state index contributed by atoms with van der Waals surface area (Å²) in [6.45, 7) is 4.33. The van der Waals surface area contributed by atoms with Gasteiger partial charge in [-0.1, -0.05) is 19.9 Å². The maximum absolute atomic E-state index is 10.9. The highest BCUT2D eigenvalue weighted by Crippen LogP contribution is 2.20. The number of hydrogen-bond donors (Lipinski definition) is 2.